The first-order valence-corrected chi connectivity index (χ1v) is 6.58. The lowest BCUT2D eigenvalue weighted by molar-refractivity contribution is -0.140. The molecule has 0 spiro atoms. The minimum absolute atomic E-state index is 0.0840. The maximum atomic E-state index is 12.0. The number of H-pyrrole nitrogens is 1. The Morgan fingerprint density at radius 3 is 2.90 bits per heavy atom. The van der Waals surface area contributed by atoms with E-state index in [4.69, 9.17) is 4.74 Å². The molecule has 1 aliphatic rings. The summed E-state index contributed by atoms with van der Waals surface area (Å²) >= 11 is 0. The molecule has 0 aliphatic carbocycles. The van der Waals surface area contributed by atoms with Gasteiger partial charge in [0.15, 0.2) is 5.78 Å². The van der Waals surface area contributed by atoms with E-state index in [9.17, 15) is 9.59 Å². The van der Waals surface area contributed by atoms with Crippen LogP contribution in [0.15, 0.2) is 30.5 Å². The summed E-state index contributed by atoms with van der Waals surface area (Å²) in [5.41, 5.74) is 2.08. The van der Waals surface area contributed by atoms with Crippen molar-refractivity contribution < 1.29 is 14.3 Å². The zero-order chi connectivity index (χ0) is 14.3. The second-order valence-electron chi connectivity index (χ2n) is 5.04. The van der Waals surface area contributed by atoms with Crippen molar-refractivity contribution in [3.05, 3.63) is 36.0 Å². The van der Waals surface area contributed by atoms with Gasteiger partial charge in [-0.25, -0.2) is 4.79 Å². The molecular formula is C15H16N2O3. The van der Waals surface area contributed by atoms with Crippen LogP contribution in [0.3, 0.4) is 0 Å². The lowest BCUT2D eigenvalue weighted by Gasteiger charge is -2.43. The second-order valence-corrected chi connectivity index (χ2v) is 5.04. The first-order chi connectivity index (χ1) is 9.63. The van der Waals surface area contributed by atoms with Crippen molar-refractivity contribution in [2.45, 2.75) is 25.4 Å². The van der Waals surface area contributed by atoms with E-state index in [1.54, 1.807) is 6.92 Å². The number of Topliss-reactive ketones (excluding diaryl/α,β-unsaturated/α-hetero) is 1. The van der Waals surface area contributed by atoms with Crippen molar-refractivity contribution in [3.8, 4) is 0 Å². The van der Waals surface area contributed by atoms with E-state index < -0.39 is 18.2 Å². The van der Waals surface area contributed by atoms with Crippen molar-refractivity contribution in [3.63, 3.8) is 0 Å². The molecule has 20 heavy (non-hydrogen) atoms. The van der Waals surface area contributed by atoms with Gasteiger partial charge in [-0.2, -0.15) is 0 Å². The SMILES string of the molecule is COC(=O)N1C(C)C(=O)[C@@H]1Cc1c[nH]c2ccccc12. The van der Waals surface area contributed by atoms with Gasteiger partial charge in [0.05, 0.1) is 13.2 Å². The number of ether oxygens (including phenoxy) is 1. The number of methoxy groups -OCH3 is 1. The van der Waals surface area contributed by atoms with Gasteiger partial charge in [0.25, 0.3) is 0 Å². The molecule has 2 atom stereocenters. The standard InChI is InChI=1S/C15H16N2O3/c1-9-14(18)13(17(9)15(19)20-2)7-10-8-16-12-6-4-3-5-11(10)12/h3-6,8-9,13,16H,7H2,1-2H3/t9?,13-/m0/s1. The summed E-state index contributed by atoms with van der Waals surface area (Å²) < 4.78 is 4.74. The van der Waals surface area contributed by atoms with Gasteiger partial charge in [-0.15, -0.1) is 0 Å². The number of hydrogen-bond donors (Lipinski definition) is 1. The first-order valence-electron chi connectivity index (χ1n) is 6.58. The van der Waals surface area contributed by atoms with Crippen LogP contribution >= 0.6 is 0 Å². The van der Waals surface area contributed by atoms with Crippen LogP contribution in [0, 0.1) is 0 Å². The molecule has 1 aliphatic heterocycles. The summed E-state index contributed by atoms with van der Waals surface area (Å²) in [7, 11) is 1.33. The number of hydrogen-bond acceptors (Lipinski definition) is 3. The van der Waals surface area contributed by atoms with Crippen LogP contribution in [0.4, 0.5) is 4.79 Å². The van der Waals surface area contributed by atoms with Crippen molar-refractivity contribution in [2.24, 2.45) is 0 Å². The fourth-order valence-corrected chi connectivity index (χ4v) is 2.84. The minimum Gasteiger partial charge on any atom is -0.453 e. The highest BCUT2D eigenvalue weighted by atomic mass is 16.5. The quantitative estimate of drug-likeness (QED) is 0.910. The van der Waals surface area contributed by atoms with Crippen molar-refractivity contribution in [1.82, 2.24) is 9.88 Å². The molecule has 0 radical (unpaired) electrons. The average Bonchev–Trinajstić information content (AvgIpc) is 2.89. The van der Waals surface area contributed by atoms with E-state index in [-0.39, 0.29) is 5.78 Å². The Bertz CT molecular complexity index is 677. The third-order valence-electron chi connectivity index (χ3n) is 3.97. The number of aromatic amines is 1. The summed E-state index contributed by atoms with van der Waals surface area (Å²) in [6.45, 7) is 1.73. The summed E-state index contributed by atoms with van der Waals surface area (Å²) in [6.07, 6.45) is 1.97. The Morgan fingerprint density at radius 1 is 1.40 bits per heavy atom. The Kier molecular flexibility index (Phi) is 2.97. The Hall–Kier alpha value is -2.30. The maximum absolute atomic E-state index is 12.0. The lowest BCUT2D eigenvalue weighted by Crippen LogP contribution is -2.66. The number of benzene rings is 1. The number of aromatic nitrogens is 1. The van der Waals surface area contributed by atoms with Gasteiger partial charge < -0.3 is 9.72 Å². The summed E-state index contributed by atoms with van der Waals surface area (Å²) in [4.78, 5) is 28.4. The summed E-state index contributed by atoms with van der Waals surface area (Å²) in [6, 6.07) is 7.11. The molecule has 1 N–H and O–H groups in total. The van der Waals surface area contributed by atoms with Gasteiger partial charge in [0.1, 0.15) is 6.04 Å². The molecule has 1 saturated heterocycles. The molecule has 2 heterocycles. The number of para-hydroxylation sites is 1. The van der Waals surface area contributed by atoms with Crippen LogP contribution in [0.1, 0.15) is 12.5 Å². The Morgan fingerprint density at radius 2 is 2.15 bits per heavy atom. The van der Waals surface area contributed by atoms with Crippen LogP contribution in [-0.2, 0) is 16.0 Å². The van der Waals surface area contributed by atoms with Crippen LogP contribution < -0.4 is 0 Å². The van der Waals surface area contributed by atoms with Gasteiger partial charge in [0, 0.05) is 23.5 Å². The molecule has 1 fully saturated rings. The topological polar surface area (TPSA) is 62.4 Å². The zero-order valence-electron chi connectivity index (χ0n) is 11.4. The zero-order valence-corrected chi connectivity index (χ0v) is 11.4. The van der Waals surface area contributed by atoms with E-state index >= 15 is 0 Å². The Balaban J connectivity index is 1.87. The van der Waals surface area contributed by atoms with E-state index in [0.717, 1.165) is 16.5 Å². The van der Waals surface area contributed by atoms with Gasteiger partial charge in [-0.3, -0.25) is 9.69 Å². The predicted molar refractivity (Wildman–Crippen MR) is 74.5 cm³/mol. The van der Waals surface area contributed by atoms with Crippen molar-refractivity contribution in [2.75, 3.05) is 7.11 Å². The predicted octanol–water partition coefficient (Wildman–Crippen LogP) is 2.12. The van der Waals surface area contributed by atoms with Crippen molar-refractivity contribution >= 4 is 22.8 Å². The van der Waals surface area contributed by atoms with E-state index in [1.807, 2.05) is 30.5 Å². The normalized spacial score (nSPS) is 21.9. The third-order valence-corrected chi connectivity index (χ3v) is 3.97. The number of carbonyl (C=O) groups is 2. The number of fused-ring (bicyclic) bond motifs is 1. The largest absolute Gasteiger partial charge is 0.453 e. The smallest absolute Gasteiger partial charge is 0.410 e. The van der Waals surface area contributed by atoms with Gasteiger partial charge in [0.2, 0.25) is 0 Å². The van der Waals surface area contributed by atoms with Crippen LogP contribution in [0.25, 0.3) is 10.9 Å². The molecule has 1 aromatic carbocycles. The molecule has 5 nitrogen and oxygen atoms in total. The third kappa shape index (κ3) is 1.78. The molecule has 2 aromatic rings. The number of ketones is 1. The molecule has 104 valence electrons. The highest BCUT2D eigenvalue weighted by molar-refractivity contribution is 6.00. The van der Waals surface area contributed by atoms with E-state index in [0.29, 0.717) is 6.42 Å². The van der Waals surface area contributed by atoms with Gasteiger partial charge >= 0.3 is 6.09 Å². The summed E-state index contributed by atoms with van der Waals surface area (Å²) in [5.74, 6) is 0.0840. The maximum Gasteiger partial charge on any atom is 0.410 e. The molecule has 1 amide bonds. The van der Waals surface area contributed by atoms with Crippen molar-refractivity contribution in [1.29, 1.82) is 0 Å². The molecule has 0 saturated carbocycles. The molecular weight excluding hydrogens is 256 g/mol. The fraction of sp³-hybridized carbons (Fsp3) is 0.333. The van der Waals surface area contributed by atoms with E-state index in [2.05, 4.69) is 4.98 Å². The highest BCUT2D eigenvalue weighted by Gasteiger charge is 2.48. The molecule has 1 unspecified atom stereocenters. The van der Waals surface area contributed by atoms with Gasteiger partial charge in [-0.05, 0) is 18.6 Å². The number of nitrogens with one attached hydrogen (secondary N) is 1. The Labute approximate surface area is 116 Å². The average molecular weight is 272 g/mol. The first kappa shape index (κ1) is 12.7. The van der Waals surface area contributed by atoms with Gasteiger partial charge in [-0.1, -0.05) is 18.2 Å². The monoisotopic (exact) mass is 272 g/mol. The fourth-order valence-electron chi connectivity index (χ4n) is 2.84. The molecule has 0 bridgehead atoms. The number of carbonyl (C=O) groups excluding carboxylic acids is 2. The number of likely N-dealkylation sites (tertiary alicyclic amines) is 1. The number of amides is 1. The number of rotatable bonds is 2. The number of nitrogens with zero attached hydrogens (tertiary/aromatic N) is 1. The minimum atomic E-state index is -0.443. The van der Waals surface area contributed by atoms with Crippen LogP contribution in [0.5, 0.6) is 0 Å². The summed E-state index contributed by atoms with van der Waals surface area (Å²) in [5, 5.41) is 1.09. The lowest BCUT2D eigenvalue weighted by atomic mass is 9.88. The van der Waals surface area contributed by atoms with E-state index in [1.165, 1.54) is 12.0 Å². The van der Waals surface area contributed by atoms with Crippen LogP contribution in [-0.4, -0.2) is 41.0 Å². The molecule has 3 rings (SSSR count). The van der Waals surface area contributed by atoms with Crippen LogP contribution in [0.2, 0.25) is 0 Å². The second kappa shape index (κ2) is 4.67. The highest BCUT2D eigenvalue weighted by Crippen LogP contribution is 2.28. The molecule has 5 heteroatoms. The molecule has 1 aromatic heterocycles.